The van der Waals surface area contributed by atoms with Crippen molar-refractivity contribution in [2.24, 2.45) is 5.41 Å². The summed E-state index contributed by atoms with van der Waals surface area (Å²) < 4.78 is 0.925. The molecule has 1 aromatic carbocycles. The van der Waals surface area contributed by atoms with Crippen LogP contribution in [0.15, 0.2) is 16.6 Å². The first-order valence-electron chi connectivity index (χ1n) is 6.16. The minimum Gasteiger partial charge on any atom is -0.398 e. The Morgan fingerprint density at radius 1 is 1.39 bits per heavy atom. The molecular formula is C14H23BrN2O. The van der Waals surface area contributed by atoms with Crippen molar-refractivity contribution in [3.05, 3.63) is 22.2 Å². The van der Waals surface area contributed by atoms with Gasteiger partial charge in [0.05, 0.1) is 6.10 Å². The van der Waals surface area contributed by atoms with Gasteiger partial charge in [0.1, 0.15) is 0 Å². The highest BCUT2D eigenvalue weighted by Gasteiger charge is 2.16. The van der Waals surface area contributed by atoms with Crippen molar-refractivity contribution in [2.45, 2.75) is 40.2 Å². The zero-order chi connectivity index (χ0) is 13.9. The van der Waals surface area contributed by atoms with Crippen molar-refractivity contribution >= 4 is 27.3 Å². The molecule has 0 saturated heterocycles. The predicted molar refractivity (Wildman–Crippen MR) is 81.9 cm³/mol. The lowest BCUT2D eigenvalue weighted by Gasteiger charge is -2.23. The molecule has 1 atom stereocenters. The smallest absolute Gasteiger partial charge is 0.0717 e. The number of anilines is 2. The standard InChI is InChI=1S/C14H23BrN2O/c1-9-5-13(11(15)6-12(9)16)17-8-10(18)7-14(2,3)4/h5-6,10,17-18H,7-8,16H2,1-4H3. The summed E-state index contributed by atoms with van der Waals surface area (Å²) in [5.41, 5.74) is 8.72. The van der Waals surface area contributed by atoms with E-state index in [-0.39, 0.29) is 11.5 Å². The quantitative estimate of drug-likeness (QED) is 0.745. The Hall–Kier alpha value is -0.740. The Balaban J connectivity index is 2.61. The third-order valence-electron chi connectivity index (χ3n) is 2.73. The van der Waals surface area contributed by atoms with E-state index in [1.807, 2.05) is 19.1 Å². The van der Waals surface area contributed by atoms with Gasteiger partial charge in [-0.05, 0) is 52.4 Å². The maximum absolute atomic E-state index is 9.96. The summed E-state index contributed by atoms with van der Waals surface area (Å²) in [5, 5.41) is 13.2. The zero-order valence-electron chi connectivity index (χ0n) is 11.5. The summed E-state index contributed by atoms with van der Waals surface area (Å²) in [7, 11) is 0. The van der Waals surface area contributed by atoms with Gasteiger partial charge in [0.25, 0.3) is 0 Å². The molecule has 0 bridgehead atoms. The molecule has 1 rings (SSSR count). The van der Waals surface area contributed by atoms with Gasteiger partial charge in [-0.3, -0.25) is 0 Å². The van der Waals surface area contributed by atoms with Gasteiger partial charge in [0, 0.05) is 22.4 Å². The van der Waals surface area contributed by atoms with Gasteiger partial charge in [0.15, 0.2) is 0 Å². The predicted octanol–water partition coefficient (Wildman–Crippen LogP) is 3.55. The number of halogens is 1. The maximum atomic E-state index is 9.96. The van der Waals surface area contributed by atoms with Crippen molar-refractivity contribution in [3.8, 4) is 0 Å². The molecule has 0 fully saturated rings. The second kappa shape index (κ2) is 5.93. The molecule has 0 aliphatic carbocycles. The van der Waals surface area contributed by atoms with Gasteiger partial charge in [0.2, 0.25) is 0 Å². The van der Waals surface area contributed by atoms with Crippen molar-refractivity contribution < 1.29 is 5.11 Å². The summed E-state index contributed by atoms with van der Waals surface area (Å²) in [6.45, 7) is 8.89. The summed E-state index contributed by atoms with van der Waals surface area (Å²) in [4.78, 5) is 0. The molecule has 4 heteroatoms. The Bertz CT molecular complexity index is 413. The first-order chi connectivity index (χ1) is 8.19. The van der Waals surface area contributed by atoms with Crippen molar-refractivity contribution in [2.75, 3.05) is 17.6 Å². The van der Waals surface area contributed by atoms with Crippen molar-refractivity contribution in [1.82, 2.24) is 0 Å². The van der Waals surface area contributed by atoms with Crippen LogP contribution in [-0.4, -0.2) is 17.8 Å². The molecular weight excluding hydrogens is 292 g/mol. The average molecular weight is 315 g/mol. The first-order valence-corrected chi connectivity index (χ1v) is 6.96. The average Bonchev–Trinajstić information content (AvgIpc) is 2.19. The van der Waals surface area contributed by atoms with Crippen LogP contribution in [0.5, 0.6) is 0 Å². The minimum absolute atomic E-state index is 0.134. The maximum Gasteiger partial charge on any atom is 0.0717 e. The zero-order valence-corrected chi connectivity index (χ0v) is 13.1. The molecule has 0 aliphatic heterocycles. The number of aliphatic hydroxyl groups excluding tert-OH is 1. The number of hydrogen-bond donors (Lipinski definition) is 3. The first kappa shape index (κ1) is 15.3. The molecule has 0 saturated carbocycles. The van der Waals surface area contributed by atoms with E-state index >= 15 is 0 Å². The fourth-order valence-electron chi connectivity index (χ4n) is 1.84. The number of nitrogens with two attached hydrogens (primary N) is 1. The molecule has 102 valence electrons. The molecule has 1 unspecified atom stereocenters. The topological polar surface area (TPSA) is 58.3 Å². The van der Waals surface area contributed by atoms with Crippen LogP contribution in [0.1, 0.15) is 32.8 Å². The normalized spacial score (nSPS) is 13.4. The highest BCUT2D eigenvalue weighted by atomic mass is 79.9. The van der Waals surface area contributed by atoms with Gasteiger partial charge in [-0.15, -0.1) is 0 Å². The second-order valence-corrected chi connectivity index (χ2v) is 6.84. The fraction of sp³-hybridized carbons (Fsp3) is 0.571. The van der Waals surface area contributed by atoms with E-state index in [9.17, 15) is 5.11 Å². The molecule has 1 aromatic rings. The van der Waals surface area contributed by atoms with Crippen LogP contribution < -0.4 is 11.1 Å². The summed E-state index contributed by atoms with van der Waals surface area (Å²) in [5.74, 6) is 0. The molecule has 0 aliphatic rings. The largest absolute Gasteiger partial charge is 0.398 e. The van der Waals surface area contributed by atoms with Gasteiger partial charge in [-0.25, -0.2) is 0 Å². The highest BCUT2D eigenvalue weighted by Crippen LogP contribution is 2.28. The van der Waals surface area contributed by atoms with E-state index in [2.05, 4.69) is 42.0 Å². The molecule has 0 radical (unpaired) electrons. The van der Waals surface area contributed by atoms with Crippen LogP contribution >= 0.6 is 15.9 Å². The molecule has 0 amide bonds. The van der Waals surface area contributed by atoms with Gasteiger partial charge in [-0.1, -0.05) is 20.8 Å². The Morgan fingerprint density at radius 2 is 2.00 bits per heavy atom. The molecule has 0 aromatic heterocycles. The summed E-state index contributed by atoms with van der Waals surface area (Å²) in [6, 6.07) is 3.87. The van der Waals surface area contributed by atoms with Crippen LogP contribution in [-0.2, 0) is 0 Å². The van der Waals surface area contributed by atoms with Crippen LogP contribution in [0, 0.1) is 12.3 Å². The Labute approximate surface area is 118 Å². The number of rotatable bonds is 4. The van der Waals surface area contributed by atoms with Crippen LogP contribution in [0.25, 0.3) is 0 Å². The number of nitrogen functional groups attached to an aromatic ring is 1. The highest BCUT2D eigenvalue weighted by molar-refractivity contribution is 9.10. The number of aryl methyl sites for hydroxylation is 1. The van der Waals surface area contributed by atoms with E-state index in [4.69, 9.17) is 5.73 Å². The van der Waals surface area contributed by atoms with E-state index in [0.29, 0.717) is 6.54 Å². The molecule has 3 nitrogen and oxygen atoms in total. The third-order valence-corrected chi connectivity index (χ3v) is 3.39. The lowest BCUT2D eigenvalue weighted by atomic mass is 9.89. The molecule has 0 heterocycles. The molecule has 0 spiro atoms. The lowest BCUT2D eigenvalue weighted by molar-refractivity contribution is 0.132. The van der Waals surface area contributed by atoms with E-state index in [1.165, 1.54) is 0 Å². The van der Waals surface area contributed by atoms with Gasteiger partial charge >= 0.3 is 0 Å². The van der Waals surface area contributed by atoms with E-state index in [0.717, 1.165) is 27.8 Å². The van der Waals surface area contributed by atoms with E-state index < -0.39 is 0 Å². The van der Waals surface area contributed by atoms with Gasteiger partial charge in [-0.2, -0.15) is 0 Å². The monoisotopic (exact) mass is 314 g/mol. The second-order valence-electron chi connectivity index (χ2n) is 5.99. The fourth-order valence-corrected chi connectivity index (χ4v) is 2.34. The minimum atomic E-state index is -0.352. The van der Waals surface area contributed by atoms with E-state index in [1.54, 1.807) is 0 Å². The van der Waals surface area contributed by atoms with Gasteiger partial charge < -0.3 is 16.2 Å². The SMILES string of the molecule is Cc1cc(NCC(O)CC(C)(C)C)c(Br)cc1N. The van der Waals surface area contributed by atoms with Crippen LogP contribution in [0.4, 0.5) is 11.4 Å². The number of benzene rings is 1. The van der Waals surface area contributed by atoms with Crippen molar-refractivity contribution in [3.63, 3.8) is 0 Å². The summed E-state index contributed by atoms with van der Waals surface area (Å²) >= 11 is 3.47. The lowest BCUT2D eigenvalue weighted by Crippen LogP contribution is -2.25. The van der Waals surface area contributed by atoms with Crippen LogP contribution in [0.2, 0.25) is 0 Å². The number of aliphatic hydroxyl groups is 1. The number of hydrogen-bond acceptors (Lipinski definition) is 3. The third kappa shape index (κ3) is 4.86. The Morgan fingerprint density at radius 3 is 2.56 bits per heavy atom. The van der Waals surface area contributed by atoms with Crippen molar-refractivity contribution in [1.29, 1.82) is 0 Å². The summed E-state index contributed by atoms with van der Waals surface area (Å²) in [6.07, 6.45) is 0.417. The molecule has 4 N–H and O–H groups in total. The molecule has 18 heavy (non-hydrogen) atoms. The number of nitrogens with one attached hydrogen (secondary N) is 1. The van der Waals surface area contributed by atoms with Crippen LogP contribution in [0.3, 0.4) is 0 Å². The Kier molecular flexibility index (Phi) is 5.05.